The van der Waals surface area contributed by atoms with Crippen molar-refractivity contribution >= 4 is 34.9 Å². The fourth-order valence-electron chi connectivity index (χ4n) is 4.80. The fourth-order valence-corrected chi connectivity index (χ4v) is 4.80. The summed E-state index contributed by atoms with van der Waals surface area (Å²) in [4.78, 5) is 16.6. The van der Waals surface area contributed by atoms with Gasteiger partial charge in [-0.05, 0) is 30.7 Å². The normalized spacial score (nSPS) is 15.8. The van der Waals surface area contributed by atoms with E-state index in [0.29, 0.717) is 36.7 Å². The summed E-state index contributed by atoms with van der Waals surface area (Å²) in [5, 5.41) is 10.3. The summed E-state index contributed by atoms with van der Waals surface area (Å²) in [6.45, 7) is 3.17. The molecule has 5 rings (SSSR count). The Hall–Kier alpha value is -3.79. The maximum Gasteiger partial charge on any atom is 0.416 e. The first-order valence-corrected chi connectivity index (χ1v) is 12.0. The molecule has 3 aromatic carbocycles. The van der Waals surface area contributed by atoms with E-state index in [1.807, 2.05) is 36.1 Å². The van der Waals surface area contributed by atoms with E-state index in [4.69, 9.17) is 0 Å². The predicted molar refractivity (Wildman–Crippen MR) is 141 cm³/mol. The van der Waals surface area contributed by atoms with Gasteiger partial charge < -0.3 is 9.80 Å². The van der Waals surface area contributed by atoms with Crippen molar-refractivity contribution in [3.8, 4) is 11.3 Å². The molecule has 0 unspecified atom stereocenters. The van der Waals surface area contributed by atoms with Gasteiger partial charge in [0.15, 0.2) is 5.82 Å². The lowest BCUT2D eigenvalue weighted by molar-refractivity contribution is -0.137. The average Bonchev–Trinajstić information content (AvgIpc) is 2.89. The Kier molecular flexibility index (Phi) is 8.06. The molecule has 39 heavy (non-hydrogen) atoms. The number of carbonyl (C=O) groups excluding carboxylic acids is 1. The van der Waals surface area contributed by atoms with Crippen molar-refractivity contribution in [2.24, 2.45) is 0 Å². The van der Waals surface area contributed by atoms with Crippen molar-refractivity contribution < 1.29 is 26.7 Å². The van der Waals surface area contributed by atoms with Gasteiger partial charge in [-0.2, -0.15) is 13.2 Å². The third kappa shape index (κ3) is 5.80. The van der Waals surface area contributed by atoms with Gasteiger partial charge in [0.05, 0.1) is 12.0 Å². The molecule has 0 aliphatic carbocycles. The highest BCUT2D eigenvalue weighted by Crippen LogP contribution is 2.34. The van der Waals surface area contributed by atoms with Gasteiger partial charge in [-0.25, -0.2) is 8.78 Å². The first-order valence-electron chi connectivity index (χ1n) is 12.0. The second-order valence-electron chi connectivity index (χ2n) is 9.29. The molecule has 1 aromatic heterocycles. The van der Waals surface area contributed by atoms with Gasteiger partial charge in [-0.15, -0.1) is 22.6 Å². The number of carbonyl (C=O) groups is 1. The Morgan fingerprint density at radius 1 is 0.949 bits per heavy atom. The summed E-state index contributed by atoms with van der Waals surface area (Å²) in [6, 6.07) is 15.2. The fraction of sp³-hybridized carbons (Fsp3) is 0.250. The van der Waals surface area contributed by atoms with Crippen LogP contribution in [0.1, 0.15) is 18.1 Å². The lowest BCUT2D eigenvalue weighted by Gasteiger charge is -2.40. The number of aromatic nitrogens is 2. The molecular formula is C28H24ClF5N4O. The van der Waals surface area contributed by atoms with E-state index in [1.165, 1.54) is 18.2 Å². The SMILES string of the molecule is C[C@H]1CN(c2nnc(-c3ccc(C(F)(F)F)cc3)c3ccccc23)CCN1C(=O)Cc1ccc(F)cc1F.Cl. The number of rotatable bonds is 4. The van der Waals surface area contributed by atoms with Gasteiger partial charge in [0.2, 0.25) is 5.91 Å². The maximum atomic E-state index is 14.0. The number of fused-ring (bicyclic) bond motifs is 1. The van der Waals surface area contributed by atoms with Gasteiger partial charge in [0.25, 0.3) is 0 Å². The summed E-state index contributed by atoms with van der Waals surface area (Å²) in [5.41, 5.74) is 0.395. The van der Waals surface area contributed by atoms with Crippen molar-refractivity contribution in [2.45, 2.75) is 25.6 Å². The number of amides is 1. The predicted octanol–water partition coefficient (Wildman–Crippen LogP) is 6.30. The number of hydrogen-bond acceptors (Lipinski definition) is 4. The van der Waals surface area contributed by atoms with Crippen LogP contribution >= 0.6 is 12.4 Å². The van der Waals surface area contributed by atoms with Crippen LogP contribution in [0.25, 0.3) is 22.0 Å². The van der Waals surface area contributed by atoms with Crippen molar-refractivity contribution in [2.75, 3.05) is 24.5 Å². The highest BCUT2D eigenvalue weighted by molar-refractivity contribution is 6.00. The van der Waals surface area contributed by atoms with Crippen LogP contribution in [-0.2, 0) is 17.4 Å². The smallest absolute Gasteiger partial charge is 0.351 e. The molecule has 1 atom stereocenters. The van der Waals surface area contributed by atoms with Crippen molar-refractivity contribution in [1.29, 1.82) is 0 Å². The number of alkyl halides is 3. The van der Waals surface area contributed by atoms with E-state index in [0.717, 1.165) is 35.0 Å². The van der Waals surface area contributed by atoms with Crippen molar-refractivity contribution in [3.63, 3.8) is 0 Å². The lowest BCUT2D eigenvalue weighted by Crippen LogP contribution is -2.54. The summed E-state index contributed by atoms with van der Waals surface area (Å²) in [7, 11) is 0. The zero-order chi connectivity index (χ0) is 27.0. The van der Waals surface area contributed by atoms with Gasteiger partial charge in [0.1, 0.15) is 17.3 Å². The second-order valence-corrected chi connectivity index (χ2v) is 9.29. The van der Waals surface area contributed by atoms with Gasteiger partial charge in [-0.3, -0.25) is 4.79 Å². The molecular weight excluding hydrogens is 539 g/mol. The highest BCUT2D eigenvalue weighted by Gasteiger charge is 2.31. The van der Waals surface area contributed by atoms with Crippen LogP contribution < -0.4 is 4.90 Å². The van der Waals surface area contributed by atoms with Gasteiger partial charge >= 0.3 is 6.18 Å². The van der Waals surface area contributed by atoms with E-state index in [9.17, 15) is 26.7 Å². The summed E-state index contributed by atoms with van der Waals surface area (Å²) in [6.07, 6.45) is -4.59. The summed E-state index contributed by atoms with van der Waals surface area (Å²) >= 11 is 0. The van der Waals surface area contributed by atoms with E-state index >= 15 is 0 Å². The molecule has 1 aliphatic heterocycles. The van der Waals surface area contributed by atoms with Crippen LogP contribution in [0.5, 0.6) is 0 Å². The monoisotopic (exact) mass is 562 g/mol. The molecule has 11 heteroatoms. The molecule has 4 aromatic rings. The quantitative estimate of drug-likeness (QED) is 0.274. The third-order valence-corrected chi connectivity index (χ3v) is 6.76. The molecule has 1 saturated heterocycles. The minimum absolute atomic E-state index is 0. The molecule has 1 fully saturated rings. The van der Waals surface area contributed by atoms with Gasteiger partial charge in [-0.1, -0.05) is 42.5 Å². The maximum absolute atomic E-state index is 14.0. The molecule has 1 amide bonds. The minimum atomic E-state index is -4.43. The molecule has 0 saturated carbocycles. The summed E-state index contributed by atoms with van der Waals surface area (Å²) < 4.78 is 66.2. The molecule has 5 nitrogen and oxygen atoms in total. The van der Waals surface area contributed by atoms with Crippen LogP contribution in [0.3, 0.4) is 0 Å². The molecule has 204 valence electrons. The van der Waals surface area contributed by atoms with Crippen molar-refractivity contribution in [3.05, 3.63) is 89.5 Å². The number of hydrogen-bond donors (Lipinski definition) is 0. The van der Waals surface area contributed by atoms with Crippen LogP contribution in [-0.4, -0.2) is 46.7 Å². The van der Waals surface area contributed by atoms with Crippen molar-refractivity contribution in [1.82, 2.24) is 15.1 Å². The number of anilines is 1. The molecule has 0 radical (unpaired) electrons. The largest absolute Gasteiger partial charge is 0.416 e. The first kappa shape index (κ1) is 28.2. The van der Waals surface area contributed by atoms with E-state index in [-0.39, 0.29) is 36.3 Å². The third-order valence-electron chi connectivity index (χ3n) is 6.76. The van der Waals surface area contributed by atoms with Crippen LogP contribution in [0.2, 0.25) is 0 Å². The topological polar surface area (TPSA) is 49.3 Å². The number of benzene rings is 3. The minimum Gasteiger partial charge on any atom is -0.351 e. The van der Waals surface area contributed by atoms with Gasteiger partial charge in [0, 0.05) is 48.1 Å². The Morgan fingerprint density at radius 2 is 1.64 bits per heavy atom. The Bertz CT molecular complexity index is 1500. The van der Waals surface area contributed by atoms with Crippen LogP contribution in [0, 0.1) is 11.6 Å². The van der Waals surface area contributed by atoms with Crippen LogP contribution in [0.4, 0.5) is 27.8 Å². The Labute approximate surface area is 227 Å². The second kappa shape index (κ2) is 11.1. The summed E-state index contributed by atoms with van der Waals surface area (Å²) in [5.74, 6) is -1.09. The zero-order valence-electron chi connectivity index (χ0n) is 20.8. The standard InChI is InChI=1S/C28H23F5N4O.ClH/c1-17-16-36(12-13-37(17)25(38)14-19-8-11-21(29)15-24(19)30)27-23-5-3-2-4-22(23)26(34-35-27)18-6-9-20(10-7-18)28(31,32)33;/h2-11,15,17H,12-14,16H2,1H3;1H/t17-;/m0./s1. The average molecular weight is 563 g/mol. The lowest BCUT2D eigenvalue weighted by atomic mass is 10.0. The number of nitrogens with zero attached hydrogens (tertiary/aromatic N) is 4. The van der Waals surface area contributed by atoms with Crippen LogP contribution in [0.15, 0.2) is 66.7 Å². The molecule has 0 bridgehead atoms. The zero-order valence-corrected chi connectivity index (χ0v) is 21.6. The first-order chi connectivity index (χ1) is 18.1. The molecule has 2 heterocycles. The van der Waals surface area contributed by atoms with E-state index in [2.05, 4.69) is 10.2 Å². The Morgan fingerprint density at radius 3 is 2.28 bits per heavy atom. The van der Waals surface area contributed by atoms with E-state index < -0.39 is 23.4 Å². The van der Waals surface area contributed by atoms with E-state index in [1.54, 1.807) is 4.90 Å². The number of piperazine rings is 1. The molecule has 1 aliphatic rings. The Balaban J connectivity index is 0.00000353. The number of halogens is 6. The molecule has 0 N–H and O–H groups in total. The molecule has 0 spiro atoms. The highest BCUT2D eigenvalue weighted by atomic mass is 35.5.